The number of anilines is 4. The molecule has 11 nitrogen and oxygen atoms in total. The minimum atomic E-state index is -0.641. The molecule has 1 fully saturated rings. The van der Waals surface area contributed by atoms with Crippen molar-refractivity contribution in [2.75, 3.05) is 49.3 Å². The van der Waals surface area contributed by atoms with Gasteiger partial charge in [-0.2, -0.15) is 4.98 Å². The van der Waals surface area contributed by atoms with Gasteiger partial charge in [0.25, 0.3) is 5.56 Å². The summed E-state index contributed by atoms with van der Waals surface area (Å²) in [4.78, 5) is 50.6. The standard InChI is InChI=1S/C26H30ClN7O4/c1-14-13-38-25(37)20-21(29-14)17-11-16(5-6-19(17)33(4)24(20)36)30-22-18(27)12-28-26(31-22)34-9-7-15(8-10-34)23(35)32(2)3/h5-6,11-12,14-15,29H,7-10,13H2,1-4H3,(H,28,30,31). The Labute approximate surface area is 224 Å². The number of carbonyl (C=O) groups excluding carboxylic acids is 2. The first-order valence-electron chi connectivity index (χ1n) is 12.5. The van der Waals surface area contributed by atoms with Crippen LogP contribution in [0.5, 0.6) is 0 Å². The number of benzene rings is 1. The van der Waals surface area contributed by atoms with Gasteiger partial charge in [0, 0.05) is 51.2 Å². The first kappa shape index (κ1) is 25.8. The molecule has 1 atom stereocenters. The van der Waals surface area contributed by atoms with Crippen molar-refractivity contribution in [2.45, 2.75) is 25.8 Å². The average Bonchev–Trinajstić information content (AvgIpc) is 3.06. The van der Waals surface area contributed by atoms with Crippen LogP contribution in [0.1, 0.15) is 30.1 Å². The van der Waals surface area contributed by atoms with Gasteiger partial charge in [0.1, 0.15) is 17.2 Å². The predicted molar refractivity (Wildman–Crippen MR) is 147 cm³/mol. The Balaban J connectivity index is 1.45. The SMILES string of the molecule is CC1COC(=O)c2c(c3cc(Nc4nc(N5CCC(C(=O)N(C)C)CC5)ncc4Cl)ccc3n(C)c2=O)N1. The molecule has 2 aliphatic heterocycles. The number of aromatic nitrogens is 3. The second-order valence-electron chi connectivity index (χ2n) is 9.98. The third-order valence-corrected chi connectivity index (χ3v) is 7.29. The number of cyclic esters (lactones) is 1. The van der Waals surface area contributed by atoms with E-state index in [0.717, 1.165) is 12.8 Å². The number of esters is 1. The lowest BCUT2D eigenvalue weighted by Gasteiger charge is -2.32. The van der Waals surface area contributed by atoms with E-state index in [2.05, 4.69) is 20.6 Å². The lowest BCUT2D eigenvalue weighted by atomic mass is 9.96. The van der Waals surface area contributed by atoms with Gasteiger partial charge in [-0.25, -0.2) is 9.78 Å². The molecule has 0 bridgehead atoms. The van der Waals surface area contributed by atoms with Crippen LogP contribution in [0.3, 0.4) is 0 Å². The second-order valence-corrected chi connectivity index (χ2v) is 10.4. The number of rotatable bonds is 4. The molecule has 1 saturated heterocycles. The van der Waals surface area contributed by atoms with Gasteiger partial charge < -0.3 is 29.7 Å². The topological polar surface area (TPSA) is 122 Å². The van der Waals surface area contributed by atoms with Crippen molar-refractivity contribution in [1.29, 1.82) is 0 Å². The number of nitrogens with one attached hydrogen (secondary N) is 2. The molecule has 0 radical (unpaired) electrons. The summed E-state index contributed by atoms with van der Waals surface area (Å²) < 4.78 is 6.72. The van der Waals surface area contributed by atoms with Crippen LogP contribution in [0.2, 0.25) is 5.02 Å². The van der Waals surface area contributed by atoms with Crippen LogP contribution in [0.25, 0.3) is 10.9 Å². The summed E-state index contributed by atoms with van der Waals surface area (Å²) in [6.07, 6.45) is 3.02. The number of hydrogen-bond acceptors (Lipinski definition) is 9. The van der Waals surface area contributed by atoms with Crippen LogP contribution in [-0.4, -0.2) is 71.1 Å². The minimum Gasteiger partial charge on any atom is -0.460 e. The summed E-state index contributed by atoms with van der Waals surface area (Å²) in [5.74, 6) is 0.468. The van der Waals surface area contributed by atoms with Gasteiger partial charge >= 0.3 is 5.97 Å². The summed E-state index contributed by atoms with van der Waals surface area (Å²) >= 11 is 6.45. The quantitative estimate of drug-likeness (QED) is 0.482. The highest BCUT2D eigenvalue weighted by Gasteiger charge is 2.29. The maximum absolute atomic E-state index is 12.9. The second kappa shape index (κ2) is 10.1. The molecule has 0 saturated carbocycles. The zero-order valence-electron chi connectivity index (χ0n) is 21.7. The fourth-order valence-corrected chi connectivity index (χ4v) is 5.09. The highest BCUT2D eigenvalue weighted by Crippen LogP contribution is 2.33. The molecule has 0 spiro atoms. The summed E-state index contributed by atoms with van der Waals surface area (Å²) in [7, 11) is 5.19. The van der Waals surface area contributed by atoms with Crippen molar-refractivity contribution in [2.24, 2.45) is 13.0 Å². The number of hydrogen-bond donors (Lipinski definition) is 2. The Bertz CT molecular complexity index is 1480. The number of ether oxygens (including phenoxy) is 1. The molecule has 3 aromatic rings. The van der Waals surface area contributed by atoms with Crippen LogP contribution in [0, 0.1) is 5.92 Å². The summed E-state index contributed by atoms with van der Waals surface area (Å²) in [6, 6.07) is 5.32. The lowest BCUT2D eigenvalue weighted by molar-refractivity contribution is -0.133. The molecule has 2 N–H and O–H groups in total. The van der Waals surface area contributed by atoms with Crippen molar-refractivity contribution in [3.63, 3.8) is 0 Å². The van der Waals surface area contributed by atoms with Crippen LogP contribution in [0.15, 0.2) is 29.2 Å². The molecule has 2 aliphatic rings. The van der Waals surface area contributed by atoms with Gasteiger partial charge in [-0.1, -0.05) is 11.6 Å². The largest absolute Gasteiger partial charge is 0.460 e. The van der Waals surface area contributed by atoms with Gasteiger partial charge in [0.05, 0.1) is 23.4 Å². The van der Waals surface area contributed by atoms with Crippen molar-refractivity contribution >= 4 is 57.5 Å². The highest BCUT2D eigenvalue weighted by molar-refractivity contribution is 6.33. The van der Waals surface area contributed by atoms with Crippen molar-refractivity contribution < 1.29 is 14.3 Å². The molecule has 1 aromatic carbocycles. The normalized spacial score (nSPS) is 17.9. The molecule has 38 heavy (non-hydrogen) atoms. The number of pyridine rings is 1. The van der Waals surface area contributed by atoms with E-state index in [4.69, 9.17) is 16.3 Å². The molecule has 1 amide bonds. The molecule has 0 aliphatic carbocycles. The van der Waals surface area contributed by atoms with Gasteiger partial charge in [-0.15, -0.1) is 0 Å². The van der Waals surface area contributed by atoms with Gasteiger partial charge in [-0.05, 0) is 38.0 Å². The highest BCUT2D eigenvalue weighted by atomic mass is 35.5. The van der Waals surface area contributed by atoms with E-state index in [9.17, 15) is 14.4 Å². The first-order chi connectivity index (χ1) is 18.1. The summed E-state index contributed by atoms with van der Waals surface area (Å²) in [6.45, 7) is 3.38. The van der Waals surface area contributed by atoms with E-state index < -0.39 is 11.5 Å². The van der Waals surface area contributed by atoms with Crippen molar-refractivity contribution in [1.82, 2.24) is 19.4 Å². The lowest BCUT2D eigenvalue weighted by Crippen LogP contribution is -2.40. The number of nitrogens with zero attached hydrogens (tertiary/aromatic N) is 5. The molecule has 5 rings (SSSR count). The van der Waals surface area contributed by atoms with Gasteiger partial charge in [0.2, 0.25) is 11.9 Å². The van der Waals surface area contributed by atoms with Gasteiger partial charge in [0.15, 0.2) is 5.82 Å². The summed E-state index contributed by atoms with van der Waals surface area (Å²) in [5.41, 5.74) is 1.36. The maximum atomic E-state index is 12.9. The van der Waals surface area contributed by atoms with Crippen molar-refractivity contribution in [3.8, 4) is 0 Å². The zero-order chi connectivity index (χ0) is 27.1. The predicted octanol–water partition coefficient (Wildman–Crippen LogP) is 3.00. The van der Waals surface area contributed by atoms with E-state index in [1.165, 1.54) is 4.57 Å². The number of halogens is 1. The zero-order valence-corrected chi connectivity index (χ0v) is 22.5. The smallest absolute Gasteiger partial charge is 0.346 e. The average molecular weight is 540 g/mol. The molecule has 2 aromatic heterocycles. The van der Waals surface area contributed by atoms with Crippen molar-refractivity contribution in [3.05, 3.63) is 45.3 Å². The number of amides is 1. The Hall–Kier alpha value is -3.86. The van der Waals surface area contributed by atoms with E-state index in [1.54, 1.807) is 32.2 Å². The Morgan fingerprint density at radius 3 is 2.68 bits per heavy atom. The fraction of sp³-hybridized carbons (Fsp3) is 0.423. The number of piperidine rings is 1. The molecule has 12 heteroatoms. The Kier molecular flexibility index (Phi) is 6.87. The van der Waals surface area contributed by atoms with Crippen LogP contribution in [0.4, 0.5) is 23.1 Å². The number of fused-ring (bicyclic) bond motifs is 3. The van der Waals surface area contributed by atoms with E-state index >= 15 is 0 Å². The number of aryl methyl sites for hydroxylation is 1. The monoisotopic (exact) mass is 539 g/mol. The van der Waals surface area contributed by atoms with Crippen LogP contribution in [-0.2, 0) is 16.6 Å². The van der Waals surface area contributed by atoms with E-state index in [0.29, 0.717) is 52.2 Å². The van der Waals surface area contributed by atoms with E-state index in [1.807, 2.05) is 30.0 Å². The molecular formula is C26H30ClN7O4. The third-order valence-electron chi connectivity index (χ3n) is 7.02. The first-order valence-corrected chi connectivity index (χ1v) is 12.9. The molecular weight excluding hydrogens is 510 g/mol. The molecule has 200 valence electrons. The minimum absolute atomic E-state index is 0.00319. The van der Waals surface area contributed by atoms with Crippen LogP contribution >= 0.6 is 11.6 Å². The fourth-order valence-electron chi connectivity index (χ4n) is 4.95. The Morgan fingerprint density at radius 1 is 1.24 bits per heavy atom. The number of carbonyl (C=O) groups is 2. The maximum Gasteiger partial charge on any atom is 0.346 e. The molecule has 1 unspecified atom stereocenters. The third kappa shape index (κ3) is 4.73. The Morgan fingerprint density at radius 2 is 1.97 bits per heavy atom. The molecule has 4 heterocycles. The summed E-state index contributed by atoms with van der Waals surface area (Å²) in [5, 5.41) is 7.57. The van der Waals surface area contributed by atoms with Gasteiger partial charge in [-0.3, -0.25) is 9.59 Å². The van der Waals surface area contributed by atoms with Crippen LogP contribution < -0.4 is 21.1 Å². The van der Waals surface area contributed by atoms with E-state index in [-0.39, 0.29) is 30.0 Å².